The molecule has 0 bridgehead atoms. The van der Waals surface area contributed by atoms with Crippen molar-refractivity contribution >= 4 is 51.6 Å². The number of urea groups is 1. The van der Waals surface area contributed by atoms with E-state index in [0.29, 0.717) is 43.4 Å². The molecule has 3 heterocycles. The number of fused-ring (bicyclic) bond motifs is 2. The topological polar surface area (TPSA) is 94.8 Å². The van der Waals surface area contributed by atoms with Gasteiger partial charge in [0.2, 0.25) is 5.91 Å². The van der Waals surface area contributed by atoms with Crippen molar-refractivity contribution in [2.45, 2.75) is 18.9 Å². The molecule has 0 radical (unpaired) electrons. The first-order valence-corrected chi connectivity index (χ1v) is 11.8. The number of para-hydroxylation sites is 1. The summed E-state index contributed by atoms with van der Waals surface area (Å²) >= 11 is 6.13. The van der Waals surface area contributed by atoms with Crippen molar-refractivity contribution in [2.75, 3.05) is 48.8 Å². The number of benzene rings is 2. The van der Waals surface area contributed by atoms with Gasteiger partial charge in [0, 0.05) is 61.1 Å². The Morgan fingerprint density at radius 3 is 2.65 bits per heavy atom. The van der Waals surface area contributed by atoms with E-state index in [1.165, 1.54) is 0 Å². The van der Waals surface area contributed by atoms with Crippen LogP contribution >= 0.6 is 11.6 Å². The van der Waals surface area contributed by atoms with Gasteiger partial charge in [-0.2, -0.15) is 0 Å². The Morgan fingerprint density at radius 1 is 1.09 bits per heavy atom. The van der Waals surface area contributed by atoms with Crippen molar-refractivity contribution in [3.05, 3.63) is 59.1 Å². The Labute approximate surface area is 203 Å². The van der Waals surface area contributed by atoms with Crippen LogP contribution in [0.2, 0.25) is 5.02 Å². The number of nitrogens with one attached hydrogen (secondary N) is 1. The molecule has 3 amide bonds. The average Bonchev–Trinajstić information content (AvgIpc) is 2.95. The molecule has 1 aromatic heterocycles. The van der Waals surface area contributed by atoms with Gasteiger partial charge in [0.1, 0.15) is 11.9 Å². The fraction of sp³-hybridized carbons (Fsp3) is 0.320. The molecule has 2 aliphatic rings. The third-order valence-corrected chi connectivity index (χ3v) is 6.89. The van der Waals surface area contributed by atoms with E-state index in [2.05, 4.69) is 15.2 Å². The summed E-state index contributed by atoms with van der Waals surface area (Å²) < 4.78 is 0. The third-order valence-electron chi connectivity index (χ3n) is 6.66. The molecule has 0 unspecified atom stereocenters. The second kappa shape index (κ2) is 9.02. The molecule has 1 saturated heterocycles. The minimum Gasteiger partial charge on any atom is -0.384 e. The molecule has 2 aromatic carbocycles. The minimum atomic E-state index is -0.545. The summed E-state index contributed by atoms with van der Waals surface area (Å²) in [5.41, 5.74) is 9.80. The first kappa shape index (κ1) is 22.3. The quantitative estimate of drug-likeness (QED) is 0.589. The fourth-order valence-corrected chi connectivity index (χ4v) is 4.98. The molecule has 5 rings (SSSR count). The number of aromatic nitrogens is 1. The molecule has 34 heavy (non-hydrogen) atoms. The number of carbonyl (C=O) groups excluding carboxylic acids is 2. The predicted octanol–water partition coefficient (Wildman–Crippen LogP) is 3.28. The van der Waals surface area contributed by atoms with Gasteiger partial charge in [-0.05, 0) is 42.7 Å². The molecular formula is C25H27ClN6O2. The molecule has 1 fully saturated rings. The van der Waals surface area contributed by atoms with Crippen LogP contribution in [0.25, 0.3) is 10.9 Å². The van der Waals surface area contributed by atoms with Crippen molar-refractivity contribution in [1.29, 1.82) is 0 Å². The summed E-state index contributed by atoms with van der Waals surface area (Å²) in [7, 11) is 1.77. The van der Waals surface area contributed by atoms with E-state index in [0.717, 1.165) is 34.3 Å². The second-order valence-corrected chi connectivity index (χ2v) is 9.20. The highest BCUT2D eigenvalue weighted by Crippen LogP contribution is 2.30. The van der Waals surface area contributed by atoms with Gasteiger partial charge < -0.3 is 25.8 Å². The van der Waals surface area contributed by atoms with Crippen LogP contribution < -0.4 is 20.9 Å². The molecule has 3 N–H and O–H groups in total. The third kappa shape index (κ3) is 4.21. The Hall–Kier alpha value is -3.52. The maximum absolute atomic E-state index is 13.0. The van der Waals surface area contributed by atoms with E-state index >= 15 is 0 Å². The molecule has 1 atom stereocenters. The van der Waals surface area contributed by atoms with Gasteiger partial charge in [-0.3, -0.25) is 4.79 Å². The van der Waals surface area contributed by atoms with Gasteiger partial charge in [0.15, 0.2) is 0 Å². The van der Waals surface area contributed by atoms with Crippen LogP contribution in [-0.4, -0.2) is 61.1 Å². The van der Waals surface area contributed by atoms with Crippen molar-refractivity contribution in [3.63, 3.8) is 0 Å². The largest absolute Gasteiger partial charge is 0.384 e. The second-order valence-electron chi connectivity index (χ2n) is 8.77. The fourth-order valence-electron chi connectivity index (χ4n) is 4.81. The number of nitrogen functional groups attached to an aromatic ring is 1. The van der Waals surface area contributed by atoms with Crippen molar-refractivity contribution < 1.29 is 9.59 Å². The number of pyridine rings is 1. The number of halogens is 1. The molecule has 176 valence electrons. The van der Waals surface area contributed by atoms with Gasteiger partial charge in [-0.1, -0.05) is 29.8 Å². The van der Waals surface area contributed by atoms with Crippen LogP contribution in [0.3, 0.4) is 0 Å². The number of hydrogen-bond acceptors (Lipinski definition) is 5. The van der Waals surface area contributed by atoms with E-state index in [1.807, 2.05) is 42.5 Å². The maximum atomic E-state index is 13.0. The maximum Gasteiger partial charge on any atom is 0.318 e. The summed E-state index contributed by atoms with van der Waals surface area (Å²) in [6, 6.07) is 14.6. The number of rotatable bonds is 2. The number of nitrogens with zero attached hydrogens (tertiary/aromatic N) is 4. The Kier molecular flexibility index (Phi) is 5.91. The van der Waals surface area contributed by atoms with E-state index in [4.69, 9.17) is 17.3 Å². The highest BCUT2D eigenvalue weighted by atomic mass is 35.5. The number of aryl methyl sites for hydroxylation is 1. The average molecular weight is 479 g/mol. The van der Waals surface area contributed by atoms with Gasteiger partial charge >= 0.3 is 6.03 Å². The van der Waals surface area contributed by atoms with E-state index in [-0.39, 0.29) is 11.9 Å². The Morgan fingerprint density at radius 2 is 1.85 bits per heavy atom. The lowest BCUT2D eigenvalue weighted by molar-refractivity contribution is -0.120. The minimum absolute atomic E-state index is 0.0886. The predicted molar refractivity (Wildman–Crippen MR) is 135 cm³/mol. The Bertz CT molecular complexity index is 1250. The van der Waals surface area contributed by atoms with E-state index in [9.17, 15) is 9.59 Å². The first-order valence-electron chi connectivity index (χ1n) is 11.4. The molecule has 0 spiro atoms. The standard InChI is InChI=1S/C25H27ClN6O2/c1-30-21-5-3-2-4-16(21)6-9-19(24(30)33)29-25(34)32-12-10-31(11-13-32)22-15-23(27)28-20-14-17(26)7-8-18(20)22/h2-5,7-8,14-15,19H,6,9-13H2,1H3,(H2,27,28)(H,29,34)/t19-/m0/s1. The summed E-state index contributed by atoms with van der Waals surface area (Å²) in [6.45, 7) is 2.39. The molecule has 0 aliphatic carbocycles. The smallest absolute Gasteiger partial charge is 0.318 e. The zero-order valence-corrected chi connectivity index (χ0v) is 19.8. The van der Waals surface area contributed by atoms with Crippen molar-refractivity contribution in [2.24, 2.45) is 0 Å². The number of hydrogen-bond donors (Lipinski definition) is 2. The molecular weight excluding hydrogens is 452 g/mol. The number of piperazine rings is 1. The lowest BCUT2D eigenvalue weighted by Gasteiger charge is -2.37. The first-order chi connectivity index (χ1) is 16.4. The van der Waals surface area contributed by atoms with Gasteiger partial charge in [-0.25, -0.2) is 9.78 Å². The van der Waals surface area contributed by atoms with Crippen LogP contribution in [0.1, 0.15) is 12.0 Å². The van der Waals surface area contributed by atoms with E-state index < -0.39 is 6.04 Å². The summed E-state index contributed by atoms with van der Waals surface area (Å²) in [4.78, 5) is 36.1. The molecule has 0 saturated carbocycles. The summed E-state index contributed by atoms with van der Waals surface area (Å²) in [6.07, 6.45) is 1.32. The van der Waals surface area contributed by atoms with Crippen LogP contribution in [0.5, 0.6) is 0 Å². The van der Waals surface area contributed by atoms with Gasteiger partial charge in [0.05, 0.1) is 5.52 Å². The van der Waals surface area contributed by atoms with Crippen LogP contribution in [0.4, 0.5) is 22.0 Å². The molecule has 8 nitrogen and oxygen atoms in total. The SMILES string of the molecule is CN1C(=O)[C@@H](NC(=O)N2CCN(c3cc(N)nc4cc(Cl)ccc34)CC2)CCc2ccccc21. The highest BCUT2D eigenvalue weighted by Gasteiger charge is 2.31. The van der Waals surface area contributed by atoms with Crippen LogP contribution in [-0.2, 0) is 11.2 Å². The lowest BCUT2D eigenvalue weighted by atomic mass is 10.1. The lowest BCUT2D eigenvalue weighted by Crippen LogP contribution is -2.56. The number of anilines is 3. The number of carbonyl (C=O) groups is 2. The van der Waals surface area contributed by atoms with Gasteiger partial charge in [0.25, 0.3) is 0 Å². The monoisotopic (exact) mass is 478 g/mol. The van der Waals surface area contributed by atoms with Gasteiger partial charge in [-0.15, -0.1) is 0 Å². The van der Waals surface area contributed by atoms with Crippen molar-refractivity contribution in [1.82, 2.24) is 15.2 Å². The van der Waals surface area contributed by atoms with Crippen LogP contribution in [0, 0.1) is 0 Å². The normalized spacial score (nSPS) is 18.6. The molecule has 2 aliphatic heterocycles. The number of amides is 3. The zero-order chi connectivity index (χ0) is 23.8. The number of nitrogens with two attached hydrogens (primary N) is 1. The zero-order valence-electron chi connectivity index (χ0n) is 19.0. The van der Waals surface area contributed by atoms with E-state index in [1.54, 1.807) is 22.9 Å². The molecule has 3 aromatic rings. The Balaban J connectivity index is 1.25. The summed E-state index contributed by atoms with van der Waals surface area (Å²) in [5, 5.41) is 4.56. The summed E-state index contributed by atoms with van der Waals surface area (Å²) in [5.74, 6) is 0.344. The number of likely N-dealkylation sites (N-methyl/N-ethyl adjacent to an activating group) is 1. The van der Waals surface area contributed by atoms with Crippen molar-refractivity contribution in [3.8, 4) is 0 Å². The molecule has 9 heteroatoms. The highest BCUT2D eigenvalue weighted by molar-refractivity contribution is 6.31. The van der Waals surface area contributed by atoms with Crippen LogP contribution in [0.15, 0.2) is 48.5 Å².